The van der Waals surface area contributed by atoms with Crippen LogP contribution in [0.25, 0.3) is 0 Å². The van der Waals surface area contributed by atoms with Gasteiger partial charge in [0.2, 0.25) is 6.41 Å². The fourth-order valence-corrected chi connectivity index (χ4v) is 2.77. The number of benzene rings is 1. The Morgan fingerprint density at radius 1 is 1.29 bits per heavy atom. The molecule has 0 N–H and O–H groups in total. The van der Waals surface area contributed by atoms with Gasteiger partial charge in [-0.2, -0.15) is 0 Å². The molecule has 1 aromatic rings. The number of hydrogen-bond donors (Lipinski definition) is 0. The molecule has 0 bridgehead atoms. The minimum absolute atomic E-state index is 0.297. The van der Waals surface area contributed by atoms with Crippen molar-refractivity contribution >= 4 is 6.41 Å². The Hall–Kier alpha value is -1.31. The Kier molecular flexibility index (Phi) is 4.18. The van der Waals surface area contributed by atoms with Gasteiger partial charge >= 0.3 is 0 Å². The van der Waals surface area contributed by atoms with Crippen LogP contribution in [-0.2, 0) is 11.2 Å². The lowest BCUT2D eigenvalue weighted by atomic mass is 9.95. The largest absolute Gasteiger partial charge is 0.338 e. The normalized spacial score (nSPS) is 21.0. The Bertz CT molecular complexity index is 375. The van der Waals surface area contributed by atoms with Crippen molar-refractivity contribution in [1.82, 2.24) is 4.90 Å². The summed E-state index contributed by atoms with van der Waals surface area (Å²) in [5.74, 6) is 0. The van der Waals surface area contributed by atoms with E-state index in [9.17, 15) is 4.79 Å². The lowest BCUT2D eigenvalue weighted by Gasteiger charge is -2.28. The number of rotatable bonds is 3. The van der Waals surface area contributed by atoms with Crippen LogP contribution < -0.4 is 0 Å². The van der Waals surface area contributed by atoms with E-state index < -0.39 is 0 Å². The second-order valence-corrected chi connectivity index (χ2v) is 4.76. The van der Waals surface area contributed by atoms with Crippen LogP contribution in [0, 0.1) is 0 Å². The lowest BCUT2D eigenvalue weighted by Crippen LogP contribution is -2.27. The zero-order valence-corrected chi connectivity index (χ0v) is 10.6. The van der Waals surface area contributed by atoms with Crippen molar-refractivity contribution in [2.75, 3.05) is 6.54 Å². The van der Waals surface area contributed by atoms with Crippen LogP contribution in [0.1, 0.15) is 49.8 Å². The van der Waals surface area contributed by atoms with Gasteiger partial charge in [-0.1, -0.05) is 44.0 Å². The average Bonchev–Trinajstić information content (AvgIpc) is 2.63. The van der Waals surface area contributed by atoms with Crippen molar-refractivity contribution in [3.8, 4) is 0 Å². The summed E-state index contributed by atoms with van der Waals surface area (Å²) in [4.78, 5) is 13.2. The molecule has 1 amide bonds. The summed E-state index contributed by atoms with van der Waals surface area (Å²) in [6, 6.07) is 8.84. The highest BCUT2D eigenvalue weighted by atomic mass is 16.1. The molecule has 1 unspecified atom stereocenters. The topological polar surface area (TPSA) is 20.3 Å². The van der Waals surface area contributed by atoms with Gasteiger partial charge in [0.05, 0.1) is 6.04 Å². The molecule has 1 saturated heterocycles. The number of carbonyl (C=O) groups excluding carboxylic acids is 1. The van der Waals surface area contributed by atoms with E-state index in [4.69, 9.17) is 0 Å². The molecule has 0 saturated carbocycles. The van der Waals surface area contributed by atoms with Gasteiger partial charge in [0.25, 0.3) is 0 Å². The smallest absolute Gasteiger partial charge is 0.210 e. The SMILES string of the molecule is CCc1ccccc1C1CCCCCN1C=O. The summed E-state index contributed by atoms with van der Waals surface area (Å²) < 4.78 is 0. The Morgan fingerprint density at radius 3 is 2.88 bits per heavy atom. The van der Waals surface area contributed by atoms with Gasteiger partial charge in [-0.25, -0.2) is 0 Å². The van der Waals surface area contributed by atoms with Crippen LogP contribution in [0.3, 0.4) is 0 Å². The first kappa shape index (κ1) is 12.2. The first-order chi connectivity index (χ1) is 8.36. The Labute approximate surface area is 104 Å². The van der Waals surface area contributed by atoms with Crippen LogP contribution in [0.2, 0.25) is 0 Å². The lowest BCUT2D eigenvalue weighted by molar-refractivity contribution is -0.120. The van der Waals surface area contributed by atoms with E-state index >= 15 is 0 Å². The maximum absolute atomic E-state index is 11.2. The number of nitrogens with zero attached hydrogens (tertiary/aromatic N) is 1. The van der Waals surface area contributed by atoms with Crippen LogP contribution >= 0.6 is 0 Å². The molecular formula is C15H21NO. The van der Waals surface area contributed by atoms with Crippen LogP contribution in [0.4, 0.5) is 0 Å². The molecule has 1 heterocycles. The van der Waals surface area contributed by atoms with E-state index in [1.807, 2.05) is 4.90 Å². The van der Waals surface area contributed by atoms with Crippen molar-refractivity contribution in [1.29, 1.82) is 0 Å². The van der Waals surface area contributed by atoms with Crippen molar-refractivity contribution < 1.29 is 4.79 Å². The molecule has 1 aliphatic heterocycles. The predicted molar refractivity (Wildman–Crippen MR) is 69.8 cm³/mol. The van der Waals surface area contributed by atoms with Crippen molar-refractivity contribution in [3.63, 3.8) is 0 Å². The molecule has 1 aliphatic rings. The average molecular weight is 231 g/mol. The molecule has 17 heavy (non-hydrogen) atoms. The van der Waals surface area contributed by atoms with Gasteiger partial charge in [0.1, 0.15) is 0 Å². The van der Waals surface area contributed by atoms with E-state index in [1.165, 1.54) is 24.0 Å². The van der Waals surface area contributed by atoms with Gasteiger partial charge in [-0.05, 0) is 30.4 Å². The maximum Gasteiger partial charge on any atom is 0.210 e. The van der Waals surface area contributed by atoms with Crippen LogP contribution in [0.15, 0.2) is 24.3 Å². The summed E-state index contributed by atoms with van der Waals surface area (Å²) in [7, 11) is 0. The minimum Gasteiger partial charge on any atom is -0.338 e. The third-order valence-electron chi connectivity index (χ3n) is 3.72. The first-order valence-corrected chi connectivity index (χ1v) is 6.65. The highest BCUT2D eigenvalue weighted by Crippen LogP contribution is 2.31. The predicted octanol–water partition coefficient (Wildman–Crippen LogP) is 3.32. The second kappa shape index (κ2) is 5.85. The fourth-order valence-electron chi connectivity index (χ4n) is 2.77. The monoisotopic (exact) mass is 231 g/mol. The molecule has 2 rings (SSSR count). The fraction of sp³-hybridized carbons (Fsp3) is 0.533. The van der Waals surface area contributed by atoms with Crippen LogP contribution in [-0.4, -0.2) is 17.9 Å². The van der Waals surface area contributed by atoms with Crippen molar-refractivity contribution in [3.05, 3.63) is 35.4 Å². The van der Waals surface area contributed by atoms with Gasteiger partial charge < -0.3 is 4.90 Å². The van der Waals surface area contributed by atoms with Crippen LogP contribution in [0.5, 0.6) is 0 Å². The van der Waals surface area contributed by atoms with Crippen molar-refractivity contribution in [2.45, 2.75) is 45.1 Å². The van der Waals surface area contributed by atoms with E-state index in [-0.39, 0.29) is 0 Å². The molecule has 92 valence electrons. The quantitative estimate of drug-likeness (QED) is 0.731. The van der Waals surface area contributed by atoms with Gasteiger partial charge in [-0.3, -0.25) is 4.79 Å². The molecule has 0 aliphatic carbocycles. The molecule has 1 atom stereocenters. The summed E-state index contributed by atoms with van der Waals surface area (Å²) >= 11 is 0. The summed E-state index contributed by atoms with van der Waals surface area (Å²) in [5, 5.41) is 0. The number of aryl methyl sites for hydroxylation is 1. The summed E-state index contributed by atoms with van der Waals surface area (Å²) in [6.07, 6.45) is 6.79. The first-order valence-electron chi connectivity index (χ1n) is 6.65. The maximum atomic E-state index is 11.2. The number of amides is 1. The second-order valence-electron chi connectivity index (χ2n) is 4.76. The molecule has 0 radical (unpaired) electrons. The van der Waals surface area contributed by atoms with E-state index in [0.29, 0.717) is 6.04 Å². The van der Waals surface area contributed by atoms with Gasteiger partial charge in [-0.15, -0.1) is 0 Å². The minimum atomic E-state index is 0.297. The van der Waals surface area contributed by atoms with Crippen molar-refractivity contribution in [2.24, 2.45) is 0 Å². The summed E-state index contributed by atoms with van der Waals surface area (Å²) in [5.41, 5.74) is 2.73. The zero-order chi connectivity index (χ0) is 12.1. The highest BCUT2D eigenvalue weighted by molar-refractivity contribution is 5.49. The highest BCUT2D eigenvalue weighted by Gasteiger charge is 2.22. The number of carbonyl (C=O) groups is 1. The molecule has 2 nitrogen and oxygen atoms in total. The number of likely N-dealkylation sites (tertiary alicyclic amines) is 1. The van der Waals surface area contributed by atoms with E-state index in [1.54, 1.807) is 0 Å². The molecule has 1 aromatic carbocycles. The Balaban J connectivity index is 2.31. The third-order valence-corrected chi connectivity index (χ3v) is 3.72. The third kappa shape index (κ3) is 2.68. The van der Waals surface area contributed by atoms with Gasteiger partial charge in [0.15, 0.2) is 0 Å². The molecule has 1 fully saturated rings. The van der Waals surface area contributed by atoms with E-state index in [2.05, 4.69) is 31.2 Å². The molecular weight excluding hydrogens is 210 g/mol. The number of hydrogen-bond acceptors (Lipinski definition) is 1. The van der Waals surface area contributed by atoms with E-state index in [0.717, 1.165) is 32.2 Å². The molecule has 0 aromatic heterocycles. The summed E-state index contributed by atoms with van der Waals surface area (Å²) in [6.45, 7) is 3.09. The van der Waals surface area contributed by atoms with Gasteiger partial charge in [0, 0.05) is 6.54 Å². The zero-order valence-electron chi connectivity index (χ0n) is 10.6. The standard InChI is InChI=1S/C15H21NO/c1-2-13-8-5-6-9-14(13)15-10-4-3-7-11-16(15)12-17/h5-6,8-9,12,15H,2-4,7,10-11H2,1H3. The molecule has 2 heteroatoms. The Morgan fingerprint density at radius 2 is 2.12 bits per heavy atom. The molecule has 0 spiro atoms.